The van der Waals surface area contributed by atoms with Crippen molar-refractivity contribution in [1.29, 1.82) is 0 Å². The number of hydrogen-bond acceptors (Lipinski definition) is 6. The number of esters is 1. The minimum atomic E-state index is -0.605. The third kappa shape index (κ3) is 6.13. The summed E-state index contributed by atoms with van der Waals surface area (Å²) in [5.74, 6) is 0.754. The van der Waals surface area contributed by atoms with E-state index in [4.69, 9.17) is 14.2 Å². The zero-order valence-electron chi connectivity index (χ0n) is 18.3. The molecule has 166 valence electrons. The zero-order chi connectivity index (χ0) is 22.2. The maximum Gasteiger partial charge on any atom is 0.338 e. The predicted molar refractivity (Wildman–Crippen MR) is 120 cm³/mol. The number of nitrogens with one attached hydrogen (secondary N) is 1. The quantitative estimate of drug-likeness (QED) is 0.640. The molecule has 7 nitrogen and oxygen atoms in total. The summed E-state index contributed by atoms with van der Waals surface area (Å²) in [6.07, 6.45) is 2.40. The van der Waals surface area contributed by atoms with Crippen LogP contribution in [-0.2, 0) is 9.53 Å². The van der Waals surface area contributed by atoms with Crippen molar-refractivity contribution >= 4 is 23.3 Å². The summed E-state index contributed by atoms with van der Waals surface area (Å²) >= 11 is 0. The van der Waals surface area contributed by atoms with E-state index in [0.717, 1.165) is 24.7 Å². The molecule has 1 aliphatic rings. The highest BCUT2D eigenvalue weighted by molar-refractivity contribution is 5.95. The van der Waals surface area contributed by atoms with Crippen LogP contribution in [0.3, 0.4) is 0 Å². The summed E-state index contributed by atoms with van der Waals surface area (Å²) in [7, 11) is 1.50. The molecule has 7 heteroatoms. The predicted octanol–water partition coefficient (Wildman–Crippen LogP) is 4.13. The van der Waals surface area contributed by atoms with Gasteiger partial charge < -0.3 is 24.4 Å². The molecule has 0 radical (unpaired) electrons. The Morgan fingerprint density at radius 1 is 1.06 bits per heavy atom. The second-order valence-electron chi connectivity index (χ2n) is 7.64. The molecule has 1 amide bonds. The molecular weight excluding hydrogens is 396 g/mol. The molecule has 0 bridgehead atoms. The van der Waals surface area contributed by atoms with Gasteiger partial charge in [-0.05, 0) is 68.1 Å². The summed E-state index contributed by atoms with van der Waals surface area (Å²) in [5, 5.41) is 2.75. The monoisotopic (exact) mass is 426 g/mol. The Morgan fingerprint density at radius 2 is 1.77 bits per heavy atom. The largest absolute Gasteiger partial charge is 0.493 e. The Balaban J connectivity index is 1.50. The lowest BCUT2D eigenvalue weighted by atomic mass is 9.99. The smallest absolute Gasteiger partial charge is 0.338 e. The van der Waals surface area contributed by atoms with Crippen LogP contribution in [-0.4, -0.2) is 45.3 Å². The van der Waals surface area contributed by atoms with Gasteiger partial charge in [0.1, 0.15) is 0 Å². The molecule has 0 unspecified atom stereocenters. The van der Waals surface area contributed by atoms with Crippen LogP contribution in [0, 0.1) is 5.92 Å². The van der Waals surface area contributed by atoms with Crippen molar-refractivity contribution in [3.63, 3.8) is 0 Å². The first-order chi connectivity index (χ1) is 15.0. The first kappa shape index (κ1) is 22.5. The maximum absolute atomic E-state index is 12.3. The highest BCUT2D eigenvalue weighted by Crippen LogP contribution is 2.28. The van der Waals surface area contributed by atoms with Crippen LogP contribution in [0.15, 0.2) is 42.5 Å². The van der Waals surface area contributed by atoms with Crippen LogP contribution in [0.2, 0.25) is 0 Å². The lowest BCUT2D eigenvalue weighted by molar-refractivity contribution is -0.119. The van der Waals surface area contributed by atoms with Gasteiger partial charge in [-0.2, -0.15) is 0 Å². The number of amides is 1. The van der Waals surface area contributed by atoms with Gasteiger partial charge in [-0.3, -0.25) is 4.79 Å². The van der Waals surface area contributed by atoms with Crippen LogP contribution in [0.5, 0.6) is 11.5 Å². The van der Waals surface area contributed by atoms with Crippen LogP contribution < -0.4 is 19.7 Å². The number of ether oxygens (including phenoxy) is 3. The fourth-order valence-electron chi connectivity index (χ4n) is 3.50. The van der Waals surface area contributed by atoms with Crippen LogP contribution in [0.4, 0.5) is 11.4 Å². The van der Waals surface area contributed by atoms with Crippen molar-refractivity contribution in [3.05, 3.63) is 48.0 Å². The van der Waals surface area contributed by atoms with Gasteiger partial charge in [0.15, 0.2) is 18.1 Å². The molecule has 2 aromatic rings. The highest BCUT2D eigenvalue weighted by atomic mass is 16.5. The molecule has 1 aliphatic heterocycles. The fraction of sp³-hybridized carbons (Fsp3) is 0.417. The Hall–Kier alpha value is -3.22. The highest BCUT2D eigenvalue weighted by Gasteiger charge is 2.17. The van der Waals surface area contributed by atoms with E-state index < -0.39 is 11.9 Å². The Morgan fingerprint density at radius 3 is 2.42 bits per heavy atom. The SMILES string of the molecule is CCOc1ccc(C(=O)OCC(=O)Nc2ccc(N3CCC(C)CC3)cc2)cc1OC. The van der Waals surface area contributed by atoms with Crippen molar-refractivity contribution in [2.24, 2.45) is 5.92 Å². The molecule has 1 fully saturated rings. The lowest BCUT2D eigenvalue weighted by Crippen LogP contribution is -2.32. The molecular formula is C24H30N2O5. The standard InChI is InChI=1S/C24H30N2O5/c1-4-30-21-10-5-18(15-22(21)29-3)24(28)31-16-23(27)25-19-6-8-20(9-7-19)26-13-11-17(2)12-14-26/h5-10,15,17H,4,11-14,16H2,1-3H3,(H,25,27). The molecule has 2 aromatic carbocycles. The minimum absolute atomic E-state index is 0.285. The molecule has 0 spiro atoms. The van der Waals surface area contributed by atoms with Gasteiger partial charge in [-0.25, -0.2) is 4.79 Å². The molecule has 0 saturated carbocycles. The van der Waals surface area contributed by atoms with Gasteiger partial charge in [-0.15, -0.1) is 0 Å². The second kappa shape index (κ2) is 10.7. The Labute approximate surface area is 183 Å². The number of anilines is 2. The van der Waals surface area contributed by atoms with Gasteiger partial charge in [-0.1, -0.05) is 6.92 Å². The minimum Gasteiger partial charge on any atom is -0.493 e. The number of piperidine rings is 1. The van der Waals surface area contributed by atoms with Crippen molar-refractivity contribution in [2.75, 3.05) is 43.6 Å². The van der Waals surface area contributed by atoms with Crippen molar-refractivity contribution in [2.45, 2.75) is 26.7 Å². The number of nitrogens with zero attached hydrogens (tertiary/aromatic N) is 1. The van der Waals surface area contributed by atoms with E-state index >= 15 is 0 Å². The Kier molecular flexibility index (Phi) is 7.76. The number of benzene rings is 2. The summed E-state index contributed by atoms with van der Waals surface area (Å²) in [6.45, 7) is 6.37. The van der Waals surface area contributed by atoms with Gasteiger partial charge in [0.25, 0.3) is 5.91 Å². The molecule has 0 aliphatic carbocycles. The van der Waals surface area contributed by atoms with Crippen molar-refractivity contribution in [1.82, 2.24) is 0 Å². The van der Waals surface area contributed by atoms with E-state index in [0.29, 0.717) is 23.8 Å². The number of methoxy groups -OCH3 is 1. The summed E-state index contributed by atoms with van der Waals surface area (Å²) in [5.41, 5.74) is 2.10. The number of hydrogen-bond donors (Lipinski definition) is 1. The fourth-order valence-corrected chi connectivity index (χ4v) is 3.50. The number of rotatable bonds is 8. The molecule has 3 rings (SSSR count). The van der Waals surface area contributed by atoms with Gasteiger partial charge in [0.2, 0.25) is 0 Å². The van der Waals surface area contributed by atoms with E-state index in [9.17, 15) is 9.59 Å². The van der Waals surface area contributed by atoms with Crippen LogP contribution in [0.1, 0.15) is 37.0 Å². The lowest BCUT2D eigenvalue weighted by Gasteiger charge is -2.32. The molecule has 31 heavy (non-hydrogen) atoms. The van der Waals surface area contributed by atoms with Crippen molar-refractivity contribution in [3.8, 4) is 11.5 Å². The first-order valence-electron chi connectivity index (χ1n) is 10.6. The molecule has 0 atom stereocenters. The average molecular weight is 427 g/mol. The number of carbonyl (C=O) groups is 2. The van der Waals surface area contributed by atoms with Crippen LogP contribution >= 0.6 is 0 Å². The van der Waals surface area contributed by atoms with Gasteiger partial charge >= 0.3 is 5.97 Å². The second-order valence-corrected chi connectivity index (χ2v) is 7.64. The molecule has 1 N–H and O–H groups in total. The molecule has 1 heterocycles. The third-order valence-electron chi connectivity index (χ3n) is 5.33. The van der Waals surface area contributed by atoms with E-state index in [2.05, 4.69) is 17.1 Å². The topological polar surface area (TPSA) is 77.1 Å². The van der Waals surface area contributed by atoms with E-state index in [1.807, 2.05) is 31.2 Å². The van der Waals surface area contributed by atoms with Gasteiger partial charge in [0, 0.05) is 24.5 Å². The normalized spacial score (nSPS) is 14.1. The third-order valence-corrected chi connectivity index (χ3v) is 5.33. The summed E-state index contributed by atoms with van der Waals surface area (Å²) in [6, 6.07) is 12.5. The molecule has 0 aromatic heterocycles. The molecule has 1 saturated heterocycles. The van der Waals surface area contributed by atoms with E-state index in [1.165, 1.54) is 26.0 Å². The van der Waals surface area contributed by atoms with E-state index in [1.54, 1.807) is 12.1 Å². The summed E-state index contributed by atoms with van der Waals surface area (Å²) in [4.78, 5) is 26.8. The van der Waals surface area contributed by atoms with Crippen molar-refractivity contribution < 1.29 is 23.8 Å². The van der Waals surface area contributed by atoms with Gasteiger partial charge in [0.05, 0.1) is 19.3 Å². The zero-order valence-corrected chi connectivity index (χ0v) is 18.3. The average Bonchev–Trinajstić information content (AvgIpc) is 2.79. The Bertz CT molecular complexity index is 889. The van der Waals surface area contributed by atoms with Crippen LogP contribution in [0.25, 0.3) is 0 Å². The maximum atomic E-state index is 12.3. The first-order valence-corrected chi connectivity index (χ1v) is 10.6. The number of carbonyl (C=O) groups excluding carboxylic acids is 2. The summed E-state index contributed by atoms with van der Waals surface area (Å²) < 4.78 is 15.8. The van der Waals surface area contributed by atoms with E-state index in [-0.39, 0.29) is 12.2 Å².